The highest BCUT2D eigenvalue weighted by molar-refractivity contribution is 7.84. The van der Waals surface area contributed by atoms with E-state index in [1.165, 1.54) is 12.1 Å². The van der Waals surface area contributed by atoms with Crippen molar-refractivity contribution in [3.63, 3.8) is 0 Å². The average Bonchev–Trinajstić information content (AvgIpc) is 2.32. The molecular formula is C13H11ClFNOS. The van der Waals surface area contributed by atoms with E-state index in [0.717, 1.165) is 5.56 Å². The van der Waals surface area contributed by atoms with Crippen LogP contribution in [0.1, 0.15) is 5.56 Å². The van der Waals surface area contributed by atoms with Gasteiger partial charge in [-0.1, -0.05) is 23.7 Å². The third kappa shape index (κ3) is 3.09. The summed E-state index contributed by atoms with van der Waals surface area (Å²) in [4.78, 5) is 0.418. The van der Waals surface area contributed by atoms with E-state index in [9.17, 15) is 8.60 Å². The number of rotatable bonds is 3. The molecule has 2 aromatic rings. The molecule has 0 aliphatic carbocycles. The van der Waals surface area contributed by atoms with E-state index in [1.807, 2.05) is 6.07 Å². The monoisotopic (exact) mass is 283 g/mol. The van der Waals surface area contributed by atoms with Gasteiger partial charge in [0, 0.05) is 9.92 Å². The minimum Gasteiger partial charge on any atom is -0.396 e. The minimum absolute atomic E-state index is 0.0542. The number of nitrogens with two attached hydrogens (primary N) is 1. The highest BCUT2D eigenvalue weighted by atomic mass is 35.5. The largest absolute Gasteiger partial charge is 0.396 e. The maximum absolute atomic E-state index is 13.3. The molecule has 0 aliphatic rings. The topological polar surface area (TPSA) is 43.1 Å². The van der Waals surface area contributed by atoms with Crippen molar-refractivity contribution in [3.8, 4) is 0 Å². The van der Waals surface area contributed by atoms with E-state index in [2.05, 4.69) is 0 Å². The summed E-state index contributed by atoms with van der Waals surface area (Å²) < 4.78 is 25.3. The van der Waals surface area contributed by atoms with Crippen molar-refractivity contribution in [1.82, 2.24) is 0 Å². The van der Waals surface area contributed by atoms with Gasteiger partial charge in [-0.05, 0) is 35.9 Å². The predicted octanol–water partition coefficient (Wildman–Crippen LogP) is 3.37. The van der Waals surface area contributed by atoms with Gasteiger partial charge in [-0.3, -0.25) is 4.21 Å². The van der Waals surface area contributed by atoms with Crippen LogP contribution in [0.3, 0.4) is 0 Å². The summed E-state index contributed by atoms with van der Waals surface area (Å²) in [5.41, 5.74) is 6.27. The van der Waals surface area contributed by atoms with Crippen LogP contribution in [-0.4, -0.2) is 4.21 Å². The Bertz CT molecular complexity index is 603. The summed E-state index contributed by atoms with van der Waals surface area (Å²) in [6, 6.07) is 11.3. The zero-order valence-corrected chi connectivity index (χ0v) is 11.0. The van der Waals surface area contributed by atoms with Gasteiger partial charge in [0.15, 0.2) is 0 Å². The lowest BCUT2D eigenvalue weighted by Crippen LogP contribution is -1.99. The van der Waals surface area contributed by atoms with Crippen LogP contribution >= 0.6 is 11.6 Å². The quantitative estimate of drug-likeness (QED) is 0.878. The van der Waals surface area contributed by atoms with Crippen molar-refractivity contribution in [2.45, 2.75) is 10.6 Å². The summed E-state index contributed by atoms with van der Waals surface area (Å²) in [6.45, 7) is 0. The van der Waals surface area contributed by atoms with E-state index in [-0.39, 0.29) is 5.69 Å². The molecule has 0 heterocycles. The van der Waals surface area contributed by atoms with Crippen LogP contribution < -0.4 is 5.73 Å². The molecule has 5 heteroatoms. The van der Waals surface area contributed by atoms with Gasteiger partial charge in [0.1, 0.15) is 5.82 Å². The second kappa shape index (κ2) is 5.50. The van der Waals surface area contributed by atoms with Crippen molar-refractivity contribution >= 4 is 28.1 Å². The van der Waals surface area contributed by atoms with Gasteiger partial charge in [-0.15, -0.1) is 0 Å². The molecule has 94 valence electrons. The van der Waals surface area contributed by atoms with Crippen LogP contribution in [-0.2, 0) is 16.6 Å². The van der Waals surface area contributed by atoms with Crippen molar-refractivity contribution in [1.29, 1.82) is 0 Å². The maximum atomic E-state index is 13.3. The van der Waals surface area contributed by atoms with Crippen molar-refractivity contribution in [3.05, 3.63) is 58.9 Å². The van der Waals surface area contributed by atoms with Crippen LogP contribution in [0.15, 0.2) is 47.4 Å². The molecule has 0 saturated carbocycles. The number of halogens is 2. The van der Waals surface area contributed by atoms with Crippen LogP contribution in [0, 0.1) is 5.82 Å². The Morgan fingerprint density at radius 3 is 2.67 bits per heavy atom. The predicted molar refractivity (Wildman–Crippen MR) is 72.4 cm³/mol. The highest BCUT2D eigenvalue weighted by Gasteiger charge is 2.08. The second-order valence-electron chi connectivity index (χ2n) is 3.80. The molecule has 0 aromatic heterocycles. The van der Waals surface area contributed by atoms with Gasteiger partial charge < -0.3 is 5.73 Å². The van der Waals surface area contributed by atoms with Gasteiger partial charge >= 0.3 is 0 Å². The molecule has 2 aromatic carbocycles. The highest BCUT2D eigenvalue weighted by Crippen LogP contribution is 2.19. The van der Waals surface area contributed by atoms with Crippen molar-refractivity contribution in [2.24, 2.45) is 0 Å². The Kier molecular flexibility index (Phi) is 3.99. The van der Waals surface area contributed by atoms with E-state index < -0.39 is 16.6 Å². The van der Waals surface area contributed by atoms with Gasteiger partial charge in [0.2, 0.25) is 0 Å². The van der Waals surface area contributed by atoms with E-state index in [4.69, 9.17) is 17.3 Å². The summed E-state index contributed by atoms with van der Waals surface area (Å²) in [5.74, 6) is -0.254. The first-order chi connectivity index (χ1) is 8.56. The van der Waals surface area contributed by atoms with Crippen LogP contribution in [0.2, 0.25) is 5.02 Å². The van der Waals surface area contributed by atoms with Gasteiger partial charge in [-0.2, -0.15) is 0 Å². The molecule has 0 amide bonds. The molecule has 2 N–H and O–H groups in total. The molecule has 0 radical (unpaired) electrons. The molecule has 0 saturated heterocycles. The van der Waals surface area contributed by atoms with Gasteiger partial charge in [-0.25, -0.2) is 4.39 Å². The summed E-state index contributed by atoms with van der Waals surface area (Å²) in [5, 5.41) is 0.591. The fraction of sp³-hybridized carbons (Fsp3) is 0.0769. The molecular weight excluding hydrogens is 273 g/mol. The molecule has 2 nitrogen and oxygen atoms in total. The molecule has 0 bridgehead atoms. The smallest absolute Gasteiger partial charge is 0.147 e. The lowest BCUT2D eigenvalue weighted by molar-refractivity contribution is 0.627. The second-order valence-corrected chi connectivity index (χ2v) is 5.69. The Morgan fingerprint density at radius 1 is 1.22 bits per heavy atom. The first-order valence-corrected chi connectivity index (χ1v) is 6.94. The van der Waals surface area contributed by atoms with Crippen LogP contribution in [0.5, 0.6) is 0 Å². The Balaban J connectivity index is 2.19. The molecule has 1 unspecified atom stereocenters. The molecule has 2 rings (SSSR count). The number of hydrogen-bond acceptors (Lipinski definition) is 2. The van der Waals surface area contributed by atoms with E-state index in [1.54, 1.807) is 24.3 Å². The fourth-order valence-electron chi connectivity index (χ4n) is 1.51. The molecule has 0 spiro atoms. The summed E-state index contributed by atoms with van der Waals surface area (Å²) >= 11 is 5.84. The van der Waals surface area contributed by atoms with Gasteiger partial charge in [0.25, 0.3) is 0 Å². The first kappa shape index (κ1) is 13.1. The van der Waals surface area contributed by atoms with Crippen LogP contribution in [0.25, 0.3) is 0 Å². The van der Waals surface area contributed by atoms with E-state index >= 15 is 0 Å². The Hall–Kier alpha value is -1.39. The zero-order chi connectivity index (χ0) is 13.1. The third-order valence-corrected chi connectivity index (χ3v) is 4.03. The SMILES string of the molecule is Nc1ccc(S(=O)Cc2cccc(Cl)c2)cc1F. The van der Waals surface area contributed by atoms with E-state index in [0.29, 0.717) is 15.7 Å². The molecule has 18 heavy (non-hydrogen) atoms. The molecule has 0 fully saturated rings. The average molecular weight is 284 g/mol. The maximum Gasteiger partial charge on any atom is 0.147 e. The zero-order valence-electron chi connectivity index (χ0n) is 9.40. The molecule has 0 aliphatic heterocycles. The normalized spacial score (nSPS) is 12.3. The molecule has 1 atom stereocenters. The number of anilines is 1. The first-order valence-electron chi connectivity index (χ1n) is 5.24. The standard InChI is InChI=1S/C13H11ClFNOS/c14-10-3-1-2-9(6-10)8-18(17)11-4-5-13(16)12(15)7-11/h1-7H,8,16H2. The Morgan fingerprint density at radius 2 is 2.00 bits per heavy atom. The van der Waals surface area contributed by atoms with Crippen LogP contribution in [0.4, 0.5) is 10.1 Å². The number of hydrogen-bond donors (Lipinski definition) is 1. The van der Waals surface area contributed by atoms with Crippen molar-refractivity contribution < 1.29 is 8.60 Å². The number of nitrogen functional groups attached to an aromatic ring is 1. The lowest BCUT2D eigenvalue weighted by Gasteiger charge is -2.04. The summed E-state index contributed by atoms with van der Waals surface area (Å²) in [6.07, 6.45) is 0. The van der Waals surface area contributed by atoms with Crippen molar-refractivity contribution in [2.75, 3.05) is 5.73 Å². The Labute approximate surface area is 112 Å². The summed E-state index contributed by atoms with van der Waals surface area (Å²) in [7, 11) is -1.32. The minimum atomic E-state index is -1.32. The number of benzene rings is 2. The third-order valence-electron chi connectivity index (χ3n) is 2.42. The van der Waals surface area contributed by atoms with Gasteiger partial charge in [0.05, 0.1) is 22.2 Å². The fourth-order valence-corrected chi connectivity index (χ4v) is 2.83. The lowest BCUT2D eigenvalue weighted by atomic mass is 10.2.